The van der Waals surface area contributed by atoms with E-state index in [1.807, 2.05) is 0 Å². The molecular formula is C23H26N2O7S. The van der Waals surface area contributed by atoms with Crippen molar-refractivity contribution in [3.8, 4) is 0 Å². The lowest BCUT2D eigenvalue weighted by Gasteiger charge is -2.27. The van der Waals surface area contributed by atoms with Gasteiger partial charge in [-0.2, -0.15) is 0 Å². The molecule has 1 aromatic heterocycles. The van der Waals surface area contributed by atoms with Crippen LogP contribution < -0.4 is 5.32 Å². The molecule has 2 fully saturated rings. The van der Waals surface area contributed by atoms with Gasteiger partial charge in [0.15, 0.2) is 15.9 Å². The molecule has 1 atom stereocenters. The first-order chi connectivity index (χ1) is 15.8. The molecule has 2 aromatic rings. The number of carboxylic acids is 1. The van der Waals surface area contributed by atoms with Gasteiger partial charge in [-0.25, -0.2) is 13.4 Å². The number of amides is 1. The molecule has 2 heterocycles. The Hall–Kier alpha value is -2.82. The van der Waals surface area contributed by atoms with Crippen LogP contribution in [0.15, 0.2) is 47.4 Å². The van der Waals surface area contributed by atoms with Crippen molar-refractivity contribution >= 4 is 27.5 Å². The molecule has 10 heteroatoms. The van der Waals surface area contributed by atoms with Crippen LogP contribution in [0.1, 0.15) is 43.0 Å². The van der Waals surface area contributed by atoms with Crippen LogP contribution in [-0.4, -0.2) is 55.0 Å². The fourth-order valence-corrected chi connectivity index (χ4v) is 5.35. The lowest BCUT2D eigenvalue weighted by molar-refractivity contribution is -0.136. The Morgan fingerprint density at radius 1 is 1.09 bits per heavy atom. The Labute approximate surface area is 192 Å². The molecule has 1 aliphatic heterocycles. The predicted octanol–water partition coefficient (Wildman–Crippen LogP) is 2.52. The van der Waals surface area contributed by atoms with E-state index in [9.17, 15) is 18.0 Å². The molecule has 1 saturated carbocycles. The van der Waals surface area contributed by atoms with Gasteiger partial charge in [0.1, 0.15) is 5.82 Å². The Morgan fingerprint density at radius 2 is 1.79 bits per heavy atom. The third-order valence-corrected chi connectivity index (χ3v) is 7.88. The molecule has 176 valence electrons. The number of nitrogens with one attached hydrogen (secondary N) is 1. The maximum atomic E-state index is 13.2. The molecule has 2 aliphatic rings. The van der Waals surface area contributed by atoms with Gasteiger partial charge in [0.05, 0.1) is 28.4 Å². The van der Waals surface area contributed by atoms with Crippen molar-refractivity contribution in [2.75, 3.05) is 18.5 Å². The van der Waals surface area contributed by atoms with Gasteiger partial charge in [-0.05, 0) is 55.5 Å². The SMILES string of the molecule is O=C(O)Cc1cccc(NC(=O)C(OC2CCOCC2)c2ccc(S(=O)(=O)C3CC3)cc2)n1. The van der Waals surface area contributed by atoms with Crippen molar-refractivity contribution in [3.63, 3.8) is 0 Å². The Kier molecular flexibility index (Phi) is 7.06. The van der Waals surface area contributed by atoms with Gasteiger partial charge >= 0.3 is 5.97 Å². The summed E-state index contributed by atoms with van der Waals surface area (Å²) >= 11 is 0. The molecule has 2 N–H and O–H groups in total. The van der Waals surface area contributed by atoms with E-state index >= 15 is 0 Å². The largest absolute Gasteiger partial charge is 0.481 e. The number of carboxylic acid groups (broad SMARTS) is 1. The van der Waals surface area contributed by atoms with Crippen LogP contribution in [0.25, 0.3) is 0 Å². The van der Waals surface area contributed by atoms with E-state index in [1.54, 1.807) is 30.3 Å². The molecule has 1 unspecified atom stereocenters. The standard InChI is InChI=1S/C23H26N2O7S/c26-21(27)14-16-2-1-3-20(24-16)25-23(28)22(32-17-10-12-31-13-11-17)15-4-6-18(7-5-15)33(29,30)19-8-9-19/h1-7,17,19,22H,8-14H2,(H,26,27)(H,24,25,28). The summed E-state index contributed by atoms with van der Waals surface area (Å²) in [7, 11) is -3.33. The summed E-state index contributed by atoms with van der Waals surface area (Å²) in [6, 6.07) is 11.0. The molecular weight excluding hydrogens is 448 g/mol. The van der Waals surface area contributed by atoms with Crippen molar-refractivity contribution in [1.29, 1.82) is 0 Å². The van der Waals surface area contributed by atoms with Crippen LogP contribution in [0.5, 0.6) is 0 Å². The molecule has 1 saturated heterocycles. The smallest absolute Gasteiger partial charge is 0.309 e. The number of anilines is 1. The maximum Gasteiger partial charge on any atom is 0.309 e. The summed E-state index contributed by atoms with van der Waals surface area (Å²) in [6.45, 7) is 1.08. The third-order valence-electron chi connectivity index (χ3n) is 5.60. The number of nitrogens with zero attached hydrogens (tertiary/aromatic N) is 1. The van der Waals surface area contributed by atoms with Gasteiger partial charge in [-0.15, -0.1) is 0 Å². The van der Waals surface area contributed by atoms with Crippen molar-refractivity contribution in [3.05, 3.63) is 53.7 Å². The van der Waals surface area contributed by atoms with Crippen LogP contribution in [0, 0.1) is 0 Å². The zero-order valence-corrected chi connectivity index (χ0v) is 18.8. The predicted molar refractivity (Wildman–Crippen MR) is 119 cm³/mol. The number of hydrogen-bond donors (Lipinski definition) is 2. The highest BCUT2D eigenvalue weighted by Gasteiger charge is 2.37. The number of pyridine rings is 1. The van der Waals surface area contributed by atoms with E-state index in [4.69, 9.17) is 14.6 Å². The number of aliphatic carboxylic acids is 1. The van der Waals surface area contributed by atoms with Crippen LogP contribution in [-0.2, 0) is 35.3 Å². The summed E-state index contributed by atoms with van der Waals surface area (Å²) < 4.78 is 36.5. The van der Waals surface area contributed by atoms with E-state index < -0.39 is 27.8 Å². The zero-order chi connectivity index (χ0) is 23.4. The molecule has 4 rings (SSSR count). The van der Waals surface area contributed by atoms with E-state index in [0.717, 1.165) is 0 Å². The summed E-state index contributed by atoms with van der Waals surface area (Å²) in [5.74, 6) is -1.28. The number of sulfone groups is 1. The molecule has 1 aliphatic carbocycles. The quantitative estimate of drug-likeness (QED) is 0.567. The van der Waals surface area contributed by atoms with Crippen LogP contribution in [0.3, 0.4) is 0 Å². The minimum atomic E-state index is -3.33. The Morgan fingerprint density at radius 3 is 2.42 bits per heavy atom. The first-order valence-electron chi connectivity index (χ1n) is 10.9. The number of rotatable bonds is 9. The van der Waals surface area contributed by atoms with Gasteiger partial charge in [0.2, 0.25) is 0 Å². The average Bonchev–Trinajstić information content (AvgIpc) is 3.64. The normalized spacial score (nSPS) is 17.9. The second-order valence-electron chi connectivity index (χ2n) is 8.22. The molecule has 9 nitrogen and oxygen atoms in total. The second kappa shape index (κ2) is 9.98. The summed E-state index contributed by atoms with van der Waals surface area (Å²) in [5, 5.41) is 11.4. The third kappa shape index (κ3) is 5.95. The van der Waals surface area contributed by atoms with Crippen LogP contribution in [0.4, 0.5) is 5.82 Å². The van der Waals surface area contributed by atoms with Gasteiger partial charge < -0.3 is 19.9 Å². The van der Waals surface area contributed by atoms with Crippen molar-refractivity contribution in [2.24, 2.45) is 0 Å². The minimum Gasteiger partial charge on any atom is -0.481 e. The van der Waals surface area contributed by atoms with Crippen molar-refractivity contribution in [1.82, 2.24) is 4.98 Å². The zero-order valence-electron chi connectivity index (χ0n) is 18.0. The van der Waals surface area contributed by atoms with Crippen molar-refractivity contribution in [2.45, 2.75) is 54.5 Å². The lowest BCUT2D eigenvalue weighted by Crippen LogP contribution is -2.31. The van der Waals surface area contributed by atoms with E-state index in [0.29, 0.717) is 50.2 Å². The Balaban J connectivity index is 1.55. The summed E-state index contributed by atoms with van der Waals surface area (Å²) in [5.41, 5.74) is 0.840. The fraction of sp³-hybridized carbons (Fsp3) is 0.435. The van der Waals surface area contributed by atoms with Crippen LogP contribution >= 0.6 is 0 Å². The lowest BCUT2D eigenvalue weighted by atomic mass is 10.1. The van der Waals surface area contributed by atoms with E-state index in [1.165, 1.54) is 12.1 Å². The number of aromatic nitrogens is 1. The molecule has 1 amide bonds. The van der Waals surface area contributed by atoms with E-state index in [-0.39, 0.29) is 28.5 Å². The van der Waals surface area contributed by atoms with Gasteiger partial charge in [0.25, 0.3) is 5.91 Å². The second-order valence-corrected chi connectivity index (χ2v) is 10.4. The molecule has 0 radical (unpaired) electrons. The highest BCUT2D eigenvalue weighted by atomic mass is 32.2. The minimum absolute atomic E-state index is 0.185. The maximum absolute atomic E-state index is 13.2. The molecule has 33 heavy (non-hydrogen) atoms. The highest BCUT2D eigenvalue weighted by Crippen LogP contribution is 2.34. The number of ether oxygens (including phenoxy) is 2. The monoisotopic (exact) mass is 474 g/mol. The first-order valence-corrected chi connectivity index (χ1v) is 12.4. The summed E-state index contributed by atoms with van der Waals surface area (Å²) in [4.78, 5) is 28.6. The highest BCUT2D eigenvalue weighted by molar-refractivity contribution is 7.92. The fourth-order valence-electron chi connectivity index (χ4n) is 3.69. The van der Waals surface area contributed by atoms with Gasteiger partial charge in [-0.3, -0.25) is 9.59 Å². The Bertz CT molecular complexity index is 1110. The number of carbonyl (C=O) groups excluding carboxylic acids is 1. The molecule has 0 bridgehead atoms. The topological polar surface area (TPSA) is 132 Å². The first kappa shape index (κ1) is 23.3. The summed E-state index contributed by atoms with van der Waals surface area (Å²) in [6.07, 6.45) is 1.20. The van der Waals surface area contributed by atoms with Gasteiger partial charge in [-0.1, -0.05) is 18.2 Å². The van der Waals surface area contributed by atoms with Crippen molar-refractivity contribution < 1.29 is 32.6 Å². The van der Waals surface area contributed by atoms with E-state index in [2.05, 4.69) is 10.3 Å². The van der Waals surface area contributed by atoms with Crippen LogP contribution in [0.2, 0.25) is 0 Å². The average molecular weight is 475 g/mol. The van der Waals surface area contributed by atoms with Gasteiger partial charge in [0, 0.05) is 13.2 Å². The number of benzene rings is 1. The molecule has 1 aromatic carbocycles. The number of carbonyl (C=O) groups is 2. The molecule has 0 spiro atoms. The number of hydrogen-bond acceptors (Lipinski definition) is 7.